The fourth-order valence-electron chi connectivity index (χ4n) is 2.15. The number of ketones is 1. The highest BCUT2D eigenvalue weighted by Gasteiger charge is 2.12. The molecule has 0 aromatic heterocycles. The predicted molar refractivity (Wildman–Crippen MR) is 85.0 cm³/mol. The Bertz CT molecular complexity index is 395. The third-order valence-electron chi connectivity index (χ3n) is 3.41. The summed E-state index contributed by atoms with van der Waals surface area (Å²) in [6.07, 6.45) is 2.18. The molecule has 1 aromatic carbocycles. The molecular weight excluding hydrogens is 266 g/mol. The summed E-state index contributed by atoms with van der Waals surface area (Å²) in [5.74, 6) is 0.144. The van der Waals surface area contributed by atoms with Crippen LogP contribution >= 0.6 is 0 Å². The van der Waals surface area contributed by atoms with Gasteiger partial charge in [-0.3, -0.25) is 9.69 Å². The molecule has 0 fully saturated rings. The predicted octanol–water partition coefficient (Wildman–Crippen LogP) is 2.42. The first-order valence-corrected chi connectivity index (χ1v) is 7.53. The molecule has 21 heavy (non-hydrogen) atoms. The van der Waals surface area contributed by atoms with Gasteiger partial charge in [-0.15, -0.1) is 0 Å². The molecule has 0 saturated carbocycles. The van der Waals surface area contributed by atoms with Crippen molar-refractivity contribution in [3.63, 3.8) is 0 Å². The Balaban J connectivity index is 2.58. The van der Waals surface area contributed by atoms with Crippen LogP contribution in [0.3, 0.4) is 0 Å². The largest absolute Gasteiger partial charge is 0.383 e. The van der Waals surface area contributed by atoms with Crippen LogP contribution in [-0.4, -0.2) is 57.8 Å². The van der Waals surface area contributed by atoms with Gasteiger partial charge in [-0.25, -0.2) is 0 Å². The molecule has 118 valence electrons. The first-order valence-electron chi connectivity index (χ1n) is 7.53. The van der Waals surface area contributed by atoms with Crippen LogP contribution in [0.2, 0.25) is 0 Å². The van der Waals surface area contributed by atoms with E-state index in [4.69, 9.17) is 9.47 Å². The summed E-state index contributed by atoms with van der Waals surface area (Å²) in [4.78, 5) is 14.4. The fourth-order valence-corrected chi connectivity index (χ4v) is 2.15. The van der Waals surface area contributed by atoms with Crippen LogP contribution in [0.4, 0.5) is 0 Å². The number of Topliss-reactive ketones (excluding diaryl/α,β-unsaturated/α-hetero) is 1. The van der Waals surface area contributed by atoms with Crippen LogP contribution in [0, 0.1) is 0 Å². The van der Waals surface area contributed by atoms with Gasteiger partial charge in [0, 0.05) is 32.9 Å². The van der Waals surface area contributed by atoms with E-state index in [0.29, 0.717) is 19.8 Å². The summed E-state index contributed by atoms with van der Waals surface area (Å²) in [6, 6.07) is 7.95. The average molecular weight is 293 g/mol. The van der Waals surface area contributed by atoms with Gasteiger partial charge in [0.25, 0.3) is 0 Å². The van der Waals surface area contributed by atoms with E-state index in [9.17, 15) is 4.79 Å². The molecule has 0 heterocycles. The van der Waals surface area contributed by atoms with Crippen LogP contribution in [0.15, 0.2) is 24.3 Å². The van der Waals surface area contributed by atoms with Gasteiger partial charge in [-0.05, 0) is 12.0 Å². The summed E-state index contributed by atoms with van der Waals surface area (Å²) < 4.78 is 10.2. The monoisotopic (exact) mass is 293 g/mol. The molecule has 0 bridgehead atoms. The van der Waals surface area contributed by atoms with Crippen molar-refractivity contribution >= 4 is 5.78 Å². The molecule has 1 aromatic rings. The van der Waals surface area contributed by atoms with Crippen molar-refractivity contribution in [3.05, 3.63) is 35.4 Å². The maximum Gasteiger partial charge on any atom is 0.176 e. The molecule has 0 amide bonds. The Kier molecular flexibility index (Phi) is 8.90. The van der Waals surface area contributed by atoms with Crippen molar-refractivity contribution in [1.82, 2.24) is 4.90 Å². The lowest BCUT2D eigenvalue weighted by molar-refractivity contribution is 0.0837. The van der Waals surface area contributed by atoms with Gasteiger partial charge in [0.1, 0.15) is 0 Å². The highest BCUT2D eigenvalue weighted by atomic mass is 16.5. The summed E-state index contributed by atoms with van der Waals surface area (Å²) in [5, 5.41) is 0. The number of rotatable bonds is 11. The van der Waals surface area contributed by atoms with E-state index in [2.05, 4.69) is 11.8 Å². The smallest absolute Gasteiger partial charge is 0.176 e. The SMILES string of the molecule is CCCc1ccc(C(=O)CN(CCOC)CCOC)cc1. The molecule has 0 aliphatic carbocycles. The summed E-state index contributed by atoms with van der Waals surface area (Å²) in [7, 11) is 3.34. The van der Waals surface area contributed by atoms with Crippen molar-refractivity contribution < 1.29 is 14.3 Å². The topological polar surface area (TPSA) is 38.8 Å². The molecule has 0 spiro atoms. The number of methoxy groups -OCH3 is 2. The first kappa shape index (κ1) is 17.8. The van der Waals surface area contributed by atoms with E-state index >= 15 is 0 Å². The van der Waals surface area contributed by atoms with Crippen molar-refractivity contribution in [2.24, 2.45) is 0 Å². The standard InChI is InChI=1S/C17H27NO3/c1-4-5-15-6-8-16(9-7-15)17(19)14-18(10-12-20-2)11-13-21-3/h6-9H,4-5,10-14H2,1-3H3. The van der Waals surface area contributed by atoms with E-state index in [0.717, 1.165) is 31.5 Å². The van der Waals surface area contributed by atoms with Crippen LogP contribution in [0.5, 0.6) is 0 Å². The van der Waals surface area contributed by atoms with Crippen LogP contribution in [0.1, 0.15) is 29.3 Å². The van der Waals surface area contributed by atoms with Gasteiger partial charge in [0.05, 0.1) is 19.8 Å². The van der Waals surface area contributed by atoms with Gasteiger partial charge in [0.2, 0.25) is 0 Å². The van der Waals surface area contributed by atoms with E-state index in [1.54, 1.807) is 14.2 Å². The number of hydrogen-bond donors (Lipinski definition) is 0. The van der Waals surface area contributed by atoms with Crippen molar-refractivity contribution in [3.8, 4) is 0 Å². The lowest BCUT2D eigenvalue weighted by atomic mass is 10.1. The Morgan fingerprint density at radius 2 is 1.62 bits per heavy atom. The molecule has 0 aliphatic rings. The van der Waals surface area contributed by atoms with Gasteiger partial charge in [-0.2, -0.15) is 0 Å². The molecule has 0 saturated heterocycles. The fraction of sp³-hybridized carbons (Fsp3) is 0.588. The molecular formula is C17H27NO3. The minimum Gasteiger partial charge on any atom is -0.383 e. The van der Waals surface area contributed by atoms with Crippen LogP contribution in [-0.2, 0) is 15.9 Å². The first-order chi connectivity index (χ1) is 10.2. The second-order valence-electron chi connectivity index (χ2n) is 5.13. The Hall–Kier alpha value is -1.23. The quantitative estimate of drug-likeness (QED) is 0.587. The lowest BCUT2D eigenvalue weighted by Gasteiger charge is -2.20. The number of carbonyl (C=O) groups excluding carboxylic acids is 1. The van der Waals surface area contributed by atoms with Gasteiger partial charge < -0.3 is 9.47 Å². The minimum atomic E-state index is 0.144. The van der Waals surface area contributed by atoms with Gasteiger partial charge >= 0.3 is 0 Å². The highest BCUT2D eigenvalue weighted by molar-refractivity contribution is 5.97. The Morgan fingerprint density at radius 1 is 1.05 bits per heavy atom. The van der Waals surface area contributed by atoms with E-state index in [1.165, 1.54) is 5.56 Å². The minimum absolute atomic E-state index is 0.144. The molecule has 0 unspecified atom stereocenters. The number of hydrogen-bond acceptors (Lipinski definition) is 4. The molecule has 0 aliphatic heterocycles. The number of ether oxygens (including phenoxy) is 2. The van der Waals surface area contributed by atoms with E-state index < -0.39 is 0 Å². The van der Waals surface area contributed by atoms with Crippen LogP contribution < -0.4 is 0 Å². The zero-order valence-corrected chi connectivity index (χ0v) is 13.4. The van der Waals surface area contributed by atoms with Crippen molar-refractivity contribution in [2.45, 2.75) is 19.8 Å². The summed E-state index contributed by atoms with van der Waals surface area (Å²) in [5.41, 5.74) is 2.05. The van der Waals surface area contributed by atoms with E-state index in [1.807, 2.05) is 24.3 Å². The number of aryl methyl sites for hydroxylation is 1. The zero-order chi connectivity index (χ0) is 15.5. The zero-order valence-electron chi connectivity index (χ0n) is 13.4. The third-order valence-corrected chi connectivity index (χ3v) is 3.41. The molecule has 0 N–H and O–H groups in total. The maximum atomic E-state index is 12.3. The molecule has 0 atom stereocenters. The Morgan fingerprint density at radius 3 is 2.10 bits per heavy atom. The van der Waals surface area contributed by atoms with Gasteiger partial charge in [0.15, 0.2) is 5.78 Å². The van der Waals surface area contributed by atoms with Crippen LogP contribution in [0.25, 0.3) is 0 Å². The lowest BCUT2D eigenvalue weighted by Crippen LogP contribution is -2.35. The van der Waals surface area contributed by atoms with Crippen molar-refractivity contribution in [1.29, 1.82) is 0 Å². The second-order valence-corrected chi connectivity index (χ2v) is 5.13. The third kappa shape index (κ3) is 6.85. The molecule has 0 radical (unpaired) electrons. The summed E-state index contributed by atoms with van der Waals surface area (Å²) >= 11 is 0. The second kappa shape index (κ2) is 10.5. The summed E-state index contributed by atoms with van der Waals surface area (Å²) in [6.45, 7) is 5.26. The number of carbonyl (C=O) groups is 1. The maximum absolute atomic E-state index is 12.3. The van der Waals surface area contributed by atoms with E-state index in [-0.39, 0.29) is 5.78 Å². The molecule has 4 heteroatoms. The highest BCUT2D eigenvalue weighted by Crippen LogP contribution is 2.08. The molecule has 1 rings (SSSR count). The number of benzene rings is 1. The Labute approximate surface area is 128 Å². The molecule has 4 nitrogen and oxygen atoms in total. The average Bonchev–Trinajstić information content (AvgIpc) is 2.51. The normalized spacial score (nSPS) is 11.0. The van der Waals surface area contributed by atoms with Crippen molar-refractivity contribution in [2.75, 3.05) is 47.1 Å². The van der Waals surface area contributed by atoms with Gasteiger partial charge in [-0.1, -0.05) is 37.6 Å². The number of nitrogens with zero attached hydrogens (tertiary/aromatic N) is 1.